The number of piperidine rings is 1. The number of aromatic nitrogens is 2. The highest BCUT2D eigenvalue weighted by atomic mass is 32.2. The summed E-state index contributed by atoms with van der Waals surface area (Å²) in [5.41, 5.74) is 2.04. The molecule has 0 spiro atoms. The molecule has 7 nitrogen and oxygen atoms in total. The Morgan fingerprint density at radius 1 is 1.27 bits per heavy atom. The molecule has 9 heteroatoms. The summed E-state index contributed by atoms with van der Waals surface area (Å²) in [6, 6.07) is 5.76. The van der Waals surface area contributed by atoms with Crippen molar-refractivity contribution in [3.05, 3.63) is 59.2 Å². The van der Waals surface area contributed by atoms with Gasteiger partial charge >= 0.3 is 5.97 Å². The SMILES string of the molecule is CC(=O)SC1CCN(C(C(=O)C2CC2)c2ccccc2F)C/C1=C\c1cnn(CC(=O)O)c1. The average Bonchev–Trinajstić information content (AvgIpc) is 3.52. The van der Waals surface area contributed by atoms with Crippen LogP contribution in [0.3, 0.4) is 0 Å². The lowest BCUT2D eigenvalue weighted by Crippen LogP contribution is -2.43. The van der Waals surface area contributed by atoms with Crippen LogP contribution in [0.5, 0.6) is 0 Å². The zero-order chi connectivity index (χ0) is 23.5. The Morgan fingerprint density at radius 2 is 2.03 bits per heavy atom. The third-order valence-corrected chi connectivity index (χ3v) is 7.06. The summed E-state index contributed by atoms with van der Waals surface area (Å²) < 4.78 is 16.1. The number of hydrogen-bond acceptors (Lipinski definition) is 6. The standard InChI is InChI=1S/C24H26FN3O4S/c1-15(29)33-21-8-9-27(13-18(21)10-16-11-26-28(12-16)14-22(30)31)23(24(32)17-6-7-17)19-4-2-3-5-20(19)25/h2-5,10-12,17,21,23H,6-9,13-14H2,1H3,(H,30,31)/b18-10+. The lowest BCUT2D eigenvalue weighted by atomic mass is 9.93. The maximum atomic E-state index is 14.7. The molecule has 4 rings (SSSR count). The second-order valence-corrected chi connectivity index (χ2v) is 9.92. The average molecular weight is 472 g/mol. The van der Waals surface area contributed by atoms with E-state index in [-0.39, 0.29) is 28.6 Å². The quantitative estimate of drug-likeness (QED) is 0.629. The van der Waals surface area contributed by atoms with Crippen LogP contribution in [0.1, 0.15) is 43.4 Å². The van der Waals surface area contributed by atoms with E-state index < -0.39 is 17.8 Å². The van der Waals surface area contributed by atoms with Gasteiger partial charge < -0.3 is 5.11 Å². The maximum absolute atomic E-state index is 14.7. The number of benzene rings is 1. The van der Waals surface area contributed by atoms with Gasteiger partial charge in [-0.25, -0.2) is 4.39 Å². The number of likely N-dealkylation sites (tertiary alicyclic amines) is 1. The first-order valence-corrected chi connectivity index (χ1v) is 11.8. The van der Waals surface area contributed by atoms with Crippen LogP contribution < -0.4 is 0 Å². The second kappa shape index (κ2) is 10.0. The van der Waals surface area contributed by atoms with Gasteiger partial charge in [0.2, 0.25) is 0 Å². The van der Waals surface area contributed by atoms with Gasteiger partial charge in [-0.3, -0.25) is 24.0 Å². The van der Waals surface area contributed by atoms with Gasteiger partial charge in [-0.05, 0) is 30.9 Å². The van der Waals surface area contributed by atoms with Gasteiger partial charge in [0, 0.05) is 48.5 Å². The van der Waals surface area contributed by atoms with Crippen molar-refractivity contribution in [3.8, 4) is 0 Å². The summed E-state index contributed by atoms with van der Waals surface area (Å²) in [6.07, 6.45) is 7.44. The van der Waals surface area contributed by atoms with E-state index in [1.165, 1.54) is 29.4 Å². The Balaban J connectivity index is 1.64. The molecule has 1 N–H and O–H groups in total. The minimum Gasteiger partial charge on any atom is -0.480 e. The van der Waals surface area contributed by atoms with Crippen molar-refractivity contribution >= 4 is 34.7 Å². The van der Waals surface area contributed by atoms with Crippen LogP contribution in [0, 0.1) is 11.7 Å². The summed E-state index contributed by atoms with van der Waals surface area (Å²) in [4.78, 5) is 38.1. The van der Waals surface area contributed by atoms with Crippen molar-refractivity contribution < 1.29 is 23.9 Å². The van der Waals surface area contributed by atoms with E-state index in [9.17, 15) is 18.8 Å². The molecule has 33 heavy (non-hydrogen) atoms. The number of thioether (sulfide) groups is 1. The van der Waals surface area contributed by atoms with Gasteiger partial charge in [-0.2, -0.15) is 5.10 Å². The number of hydrogen-bond donors (Lipinski definition) is 1. The van der Waals surface area contributed by atoms with Gasteiger partial charge in [-0.1, -0.05) is 36.0 Å². The van der Waals surface area contributed by atoms with Gasteiger partial charge in [0.25, 0.3) is 0 Å². The minimum atomic E-state index is -0.988. The number of rotatable bonds is 8. The molecule has 1 aromatic heterocycles. The van der Waals surface area contributed by atoms with Crippen molar-refractivity contribution in [2.75, 3.05) is 13.1 Å². The lowest BCUT2D eigenvalue weighted by molar-refractivity contribution is -0.138. The molecule has 2 fully saturated rings. The number of Topliss-reactive ketones (excluding diaryl/α,β-unsaturated/α-hetero) is 1. The highest BCUT2D eigenvalue weighted by molar-refractivity contribution is 8.14. The van der Waals surface area contributed by atoms with Gasteiger partial charge in [0.1, 0.15) is 12.4 Å². The van der Waals surface area contributed by atoms with Crippen molar-refractivity contribution in [2.24, 2.45) is 5.92 Å². The van der Waals surface area contributed by atoms with Crippen LogP contribution in [-0.4, -0.2) is 55.0 Å². The van der Waals surface area contributed by atoms with E-state index in [1.54, 1.807) is 30.6 Å². The summed E-state index contributed by atoms with van der Waals surface area (Å²) in [5.74, 6) is -1.36. The predicted molar refractivity (Wildman–Crippen MR) is 123 cm³/mol. The Morgan fingerprint density at radius 3 is 2.70 bits per heavy atom. The number of carbonyl (C=O) groups excluding carboxylic acids is 2. The van der Waals surface area contributed by atoms with Crippen LogP contribution in [0.25, 0.3) is 6.08 Å². The van der Waals surface area contributed by atoms with E-state index >= 15 is 0 Å². The fourth-order valence-corrected chi connectivity index (χ4v) is 5.21. The molecule has 1 aliphatic heterocycles. The minimum absolute atomic E-state index is 0.000586. The molecule has 2 heterocycles. The fraction of sp³-hybridized carbons (Fsp3) is 0.417. The van der Waals surface area contributed by atoms with Crippen LogP contribution in [0.4, 0.5) is 4.39 Å². The zero-order valence-corrected chi connectivity index (χ0v) is 19.1. The van der Waals surface area contributed by atoms with Crippen molar-refractivity contribution in [2.45, 2.75) is 44.0 Å². The van der Waals surface area contributed by atoms with E-state index in [1.807, 2.05) is 11.0 Å². The summed E-state index contributed by atoms with van der Waals surface area (Å²) in [7, 11) is 0. The van der Waals surface area contributed by atoms with Crippen LogP contribution in [0.2, 0.25) is 0 Å². The van der Waals surface area contributed by atoms with Gasteiger partial charge in [0.15, 0.2) is 10.9 Å². The monoisotopic (exact) mass is 471 g/mol. The molecule has 1 aromatic carbocycles. The molecule has 1 saturated heterocycles. The number of carboxylic acids is 1. The van der Waals surface area contributed by atoms with E-state index in [4.69, 9.17) is 5.11 Å². The first kappa shape index (κ1) is 23.4. The number of nitrogens with zero attached hydrogens (tertiary/aromatic N) is 3. The van der Waals surface area contributed by atoms with E-state index in [2.05, 4.69) is 5.10 Å². The summed E-state index contributed by atoms with van der Waals surface area (Å²) in [6.45, 7) is 2.26. The lowest BCUT2D eigenvalue weighted by Gasteiger charge is -2.38. The van der Waals surface area contributed by atoms with Crippen LogP contribution in [-0.2, 0) is 20.9 Å². The summed E-state index contributed by atoms with van der Waals surface area (Å²) in [5, 5.41) is 13.0. The normalized spacial score (nSPS) is 21.2. The molecule has 1 saturated carbocycles. The highest BCUT2D eigenvalue weighted by Gasteiger charge is 2.41. The Labute approximate surface area is 195 Å². The zero-order valence-electron chi connectivity index (χ0n) is 18.3. The number of halogens is 1. The summed E-state index contributed by atoms with van der Waals surface area (Å²) >= 11 is 1.25. The smallest absolute Gasteiger partial charge is 0.325 e. The molecule has 2 unspecified atom stereocenters. The van der Waals surface area contributed by atoms with Crippen LogP contribution >= 0.6 is 11.8 Å². The number of ketones is 1. The Kier molecular flexibility index (Phi) is 7.09. The van der Waals surface area contributed by atoms with Crippen molar-refractivity contribution in [3.63, 3.8) is 0 Å². The molecule has 2 aliphatic rings. The number of carboxylic acid groups (broad SMARTS) is 1. The van der Waals surface area contributed by atoms with Crippen molar-refractivity contribution in [1.29, 1.82) is 0 Å². The van der Waals surface area contributed by atoms with Crippen LogP contribution in [0.15, 0.2) is 42.2 Å². The topological polar surface area (TPSA) is 92.5 Å². The number of carbonyl (C=O) groups is 3. The highest BCUT2D eigenvalue weighted by Crippen LogP contribution is 2.40. The molecule has 0 amide bonds. The van der Waals surface area contributed by atoms with Crippen molar-refractivity contribution in [1.82, 2.24) is 14.7 Å². The predicted octanol–water partition coefficient (Wildman–Crippen LogP) is 3.56. The Bertz CT molecular complexity index is 1090. The maximum Gasteiger partial charge on any atom is 0.325 e. The fourth-order valence-electron chi connectivity index (χ4n) is 4.29. The van der Waals surface area contributed by atoms with E-state index in [0.717, 1.165) is 24.0 Å². The first-order valence-electron chi connectivity index (χ1n) is 11.0. The Hall–Kier alpha value is -2.78. The molecule has 0 bridgehead atoms. The molecule has 0 radical (unpaired) electrons. The molecule has 174 valence electrons. The number of aliphatic carboxylic acids is 1. The molecular weight excluding hydrogens is 445 g/mol. The molecule has 2 atom stereocenters. The largest absolute Gasteiger partial charge is 0.480 e. The first-order chi connectivity index (χ1) is 15.8. The third kappa shape index (κ3) is 5.78. The molecule has 1 aliphatic carbocycles. The molecule has 2 aromatic rings. The second-order valence-electron chi connectivity index (χ2n) is 8.54. The van der Waals surface area contributed by atoms with Gasteiger partial charge in [-0.15, -0.1) is 0 Å². The van der Waals surface area contributed by atoms with Gasteiger partial charge in [0.05, 0.1) is 12.2 Å². The third-order valence-electron chi connectivity index (χ3n) is 5.90. The van der Waals surface area contributed by atoms with E-state index in [0.29, 0.717) is 25.1 Å². The molecular formula is C24H26FN3O4S.